The van der Waals surface area contributed by atoms with Crippen LogP contribution < -0.4 is 0 Å². The Kier molecular flexibility index (Phi) is 5.90. The lowest BCUT2D eigenvalue weighted by Gasteiger charge is -2.29. The molecule has 0 spiro atoms. The summed E-state index contributed by atoms with van der Waals surface area (Å²) in [4.78, 5) is 18.9. The van der Waals surface area contributed by atoms with E-state index in [2.05, 4.69) is 4.98 Å². The van der Waals surface area contributed by atoms with Crippen molar-refractivity contribution >= 4 is 27.5 Å². The van der Waals surface area contributed by atoms with Gasteiger partial charge in [0.05, 0.1) is 22.4 Å². The van der Waals surface area contributed by atoms with Gasteiger partial charge in [0.15, 0.2) is 15.0 Å². The van der Waals surface area contributed by atoms with Crippen molar-refractivity contribution in [2.75, 3.05) is 18.1 Å². The molecular formula is C18H22FN3O3S2. The van der Waals surface area contributed by atoms with Gasteiger partial charge in [-0.15, -0.1) is 0 Å². The molecule has 1 saturated heterocycles. The summed E-state index contributed by atoms with van der Waals surface area (Å²) in [6.45, 7) is 4.10. The van der Waals surface area contributed by atoms with E-state index in [1.807, 2.05) is 6.92 Å². The number of thioether (sulfide) groups is 1. The molecule has 2 atom stereocenters. The van der Waals surface area contributed by atoms with Crippen LogP contribution in [0.15, 0.2) is 41.8 Å². The number of halogens is 1. The third kappa shape index (κ3) is 4.52. The monoisotopic (exact) mass is 411 g/mol. The van der Waals surface area contributed by atoms with Crippen LogP contribution in [-0.2, 0) is 14.6 Å². The molecule has 9 heteroatoms. The lowest BCUT2D eigenvalue weighted by atomic mass is 10.2. The minimum absolute atomic E-state index is 0.0296. The smallest absolute Gasteiger partial charge is 0.236 e. The predicted molar refractivity (Wildman–Crippen MR) is 103 cm³/mol. The van der Waals surface area contributed by atoms with Crippen molar-refractivity contribution in [3.05, 3.63) is 42.5 Å². The molecule has 2 unspecified atom stereocenters. The standard InChI is InChI=1S/C18H22FN3O3S2/c1-3-21(16-7-10-27(24,25)12-16)17(23)13(2)26-18-20-8-9-22(18)15-6-4-5-14(19)11-15/h4-6,8-9,11,13,16H,3,7,10,12H2,1-2H3. The first-order chi connectivity index (χ1) is 12.8. The molecule has 0 saturated carbocycles. The minimum Gasteiger partial charge on any atom is -0.338 e. The van der Waals surface area contributed by atoms with Crippen molar-refractivity contribution in [1.29, 1.82) is 0 Å². The lowest BCUT2D eigenvalue weighted by molar-refractivity contribution is -0.131. The number of carbonyl (C=O) groups excluding carboxylic acids is 1. The molecule has 1 aromatic heterocycles. The van der Waals surface area contributed by atoms with E-state index in [9.17, 15) is 17.6 Å². The van der Waals surface area contributed by atoms with Gasteiger partial charge in [0.25, 0.3) is 0 Å². The summed E-state index contributed by atoms with van der Waals surface area (Å²) in [5.41, 5.74) is 0.629. The molecule has 1 aromatic carbocycles. The van der Waals surface area contributed by atoms with Crippen LogP contribution in [0.4, 0.5) is 4.39 Å². The third-order valence-corrected chi connectivity index (χ3v) is 7.41. The molecule has 146 valence electrons. The Hall–Kier alpha value is -1.87. The number of benzene rings is 1. The zero-order valence-corrected chi connectivity index (χ0v) is 16.8. The van der Waals surface area contributed by atoms with Crippen LogP contribution in [0.1, 0.15) is 20.3 Å². The highest BCUT2D eigenvalue weighted by Crippen LogP contribution is 2.27. The van der Waals surface area contributed by atoms with E-state index in [1.165, 1.54) is 23.9 Å². The van der Waals surface area contributed by atoms with Crippen molar-refractivity contribution in [2.45, 2.75) is 36.7 Å². The Morgan fingerprint density at radius 2 is 2.26 bits per heavy atom. The summed E-state index contributed by atoms with van der Waals surface area (Å²) >= 11 is 1.28. The molecule has 1 fully saturated rings. The zero-order valence-electron chi connectivity index (χ0n) is 15.2. The summed E-state index contributed by atoms with van der Waals surface area (Å²) in [7, 11) is -3.06. The fraction of sp³-hybridized carbons (Fsp3) is 0.444. The van der Waals surface area contributed by atoms with Gasteiger partial charge in [-0.3, -0.25) is 9.36 Å². The highest BCUT2D eigenvalue weighted by molar-refractivity contribution is 8.00. The predicted octanol–water partition coefficient (Wildman–Crippen LogP) is 2.53. The summed E-state index contributed by atoms with van der Waals surface area (Å²) in [6, 6.07) is 5.89. The highest BCUT2D eigenvalue weighted by atomic mass is 32.2. The number of amides is 1. The normalized spacial score (nSPS) is 19.7. The second-order valence-corrected chi connectivity index (χ2v) is 10.0. The molecule has 0 N–H and O–H groups in total. The second-order valence-electron chi connectivity index (χ2n) is 6.50. The first-order valence-corrected chi connectivity index (χ1v) is 11.5. The summed E-state index contributed by atoms with van der Waals surface area (Å²) in [6.07, 6.45) is 3.80. The fourth-order valence-corrected chi connectivity index (χ4v) is 5.94. The van der Waals surface area contributed by atoms with E-state index in [0.29, 0.717) is 23.8 Å². The number of hydrogen-bond acceptors (Lipinski definition) is 5. The van der Waals surface area contributed by atoms with E-state index in [1.54, 1.807) is 40.9 Å². The molecule has 0 radical (unpaired) electrons. The molecule has 27 heavy (non-hydrogen) atoms. The summed E-state index contributed by atoms with van der Waals surface area (Å²) < 4.78 is 38.8. The number of aromatic nitrogens is 2. The van der Waals surface area contributed by atoms with Gasteiger partial charge < -0.3 is 4.90 Å². The van der Waals surface area contributed by atoms with Gasteiger partial charge in [0.2, 0.25) is 5.91 Å². The van der Waals surface area contributed by atoms with Crippen molar-refractivity contribution in [3.63, 3.8) is 0 Å². The van der Waals surface area contributed by atoms with Gasteiger partial charge in [-0.2, -0.15) is 0 Å². The number of imidazole rings is 1. The van der Waals surface area contributed by atoms with Gasteiger partial charge in [-0.1, -0.05) is 17.8 Å². The van der Waals surface area contributed by atoms with E-state index in [0.717, 1.165) is 0 Å². The quantitative estimate of drug-likeness (QED) is 0.683. The van der Waals surface area contributed by atoms with Gasteiger partial charge in [-0.05, 0) is 38.5 Å². The zero-order chi connectivity index (χ0) is 19.6. The minimum atomic E-state index is -3.06. The first kappa shape index (κ1) is 19.9. The van der Waals surface area contributed by atoms with Gasteiger partial charge >= 0.3 is 0 Å². The fourth-order valence-electron chi connectivity index (χ4n) is 3.26. The number of nitrogens with zero attached hydrogens (tertiary/aromatic N) is 3. The Morgan fingerprint density at radius 1 is 1.48 bits per heavy atom. The maximum absolute atomic E-state index is 13.5. The molecule has 2 aromatic rings. The van der Waals surface area contributed by atoms with Crippen LogP contribution >= 0.6 is 11.8 Å². The first-order valence-electron chi connectivity index (χ1n) is 8.77. The van der Waals surface area contributed by atoms with Crippen molar-refractivity contribution in [2.24, 2.45) is 0 Å². The number of rotatable bonds is 6. The number of sulfone groups is 1. The maximum atomic E-state index is 13.5. The van der Waals surface area contributed by atoms with Gasteiger partial charge in [0.1, 0.15) is 5.82 Å². The molecule has 6 nitrogen and oxygen atoms in total. The van der Waals surface area contributed by atoms with Crippen molar-refractivity contribution < 1.29 is 17.6 Å². The molecule has 0 aliphatic carbocycles. The maximum Gasteiger partial charge on any atom is 0.236 e. The number of carbonyl (C=O) groups is 1. The molecular weight excluding hydrogens is 389 g/mol. The van der Waals surface area contributed by atoms with Crippen LogP contribution in [0.5, 0.6) is 0 Å². The lowest BCUT2D eigenvalue weighted by Crippen LogP contribution is -2.44. The topological polar surface area (TPSA) is 72.3 Å². The average Bonchev–Trinajstić information content (AvgIpc) is 3.21. The second kappa shape index (κ2) is 8.02. The van der Waals surface area contributed by atoms with E-state index in [4.69, 9.17) is 0 Å². The van der Waals surface area contributed by atoms with Crippen LogP contribution in [0, 0.1) is 5.82 Å². The summed E-state index contributed by atoms with van der Waals surface area (Å²) in [5, 5.41) is 0.138. The molecule has 2 heterocycles. The average molecular weight is 412 g/mol. The molecule has 1 amide bonds. The van der Waals surface area contributed by atoms with E-state index in [-0.39, 0.29) is 29.3 Å². The largest absolute Gasteiger partial charge is 0.338 e. The van der Waals surface area contributed by atoms with E-state index < -0.39 is 15.1 Å². The Morgan fingerprint density at radius 3 is 2.89 bits per heavy atom. The van der Waals surface area contributed by atoms with Crippen LogP contribution in [0.3, 0.4) is 0 Å². The van der Waals surface area contributed by atoms with Crippen molar-refractivity contribution in [1.82, 2.24) is 14.5 Å². The molecule has 0 bridgehead atoms. The van der Waals surface area contributed by atoms with Crippen LogP contribution in [-0.4, -0.2) is 58.1 Å². The molecule has 1 aliphatic rings. The summed E-state index contributed by atoms with van der Waals surface area (Å²) in [5.74, 6) is -0.297. The van der Waals surface area contributed by atoms with Gasteiger partial charge in [0, 0.05) is 25.0 Å². The number of hydrogen-bond donors (Lipinski definition) is 0. The van der Waals surface area contributed by atoms with Gasteiger partial charge in [-0.25, -0.2) is 17.8 Å². The molecule has 1 aliphatic heterocycles. The van der Waals surface area contributed by atoms with Crippen LogP contribution in [0.2, 0.25) is 0 Å². The Bertz CT molecular complexity index is 929. The third-order valence-electron chi connectivity index (χ3n) is 4.60. The highest BCUT2D eigenvalue weighted by Gasteiger charge is 2.35. The Balaban J connectivity index is 1.74. The SMILES string of the molecule is CCN(C(=O)C(C)Sc1nccn1-c1cccc(F)c1)C1CCS(=O)(=O)C1. The molecule has 3 rings (SSSR count). The Labute approximate surface area is 162 Å². The van der Waals surface area contributed by atoms with E-state index >= 15 is 0 Å². The van der Waals surface area contributed by atoms with Crippen LogP contribution in [0.25, 0.3) is 5.69 Å². The van der Waals surface area contributed by atoms with Crippen molar-refractivity contribution in [3.8, 4) is 5.69 Å².